The summed E-state index contributed by atoms with van der Waals surface area (Å²) in [7, 11) is -3.73. The molecule has 1 fully saturated rings. The third-order valence-electron chi connectivity index (χ3n) is 5.89. The van der Waals surface area contributed by atoms with Crippen molar-refractivity contribution in [2.45, 2.75) is 56.2 Å². The van der Waals surface area contributed by atoms with Crippen LogP contribution in [0.25, 0.3) is 0 Å². The molecule has 28 heavy (non-hydrogen) atoms. The standard InChI is InChI=1S/C19H23F3N2O3S/c1-17(2)16(23)24-18(3,10-28(17,26)27)13-8-11(4-5-14(13)20)9-15(25)12-6-7-19(12,21)22/h4-5,8,12H,6-7,9-10H2,1-3H3,(H2,23,24)/t12?,18-/m0/s1. The highest BCUT2D eigenvalue weighted by Gasteiger charge is 2.52. The number of carbonyl (C=O) groups is 1. The minimum absolute atomic E-state index is 0.0276. The molecule has 1 aromatic carbocycles. The van der Waals surface area contributed by atoms with Crippen LogP contribution in [-0.2, 0) is 26.6 Å². The molecule has 0 saturated heterocycles. The zero-order valence-corrected chi connectivity index (χ0v) is 16.7. The highest BCUT2D eigenvalue weighted by atomic mass is 32.2. The first-order chi connectivity index (χ1) is 12.7. The normalized spacial score (nSPS) is 30.2. The monoisotopic (exact) mass is 416 g/mol. The van der Waals surface area contributed by atoms with E-state index in [1.165, 1.54) is 32.9 Å². The van der Waals surface area contributed by atoms with E-state index in [0.717, 1.165) is 6.07 Å². The van der Waals surface area contributed by atoms with E-state index in [0.29, 0.717) is 5.56 Å². The van der Waals surface area contributed by atoms with Crippen molar-refractivity contribution in [2.24, 2.45) is 16.6 Å². The lowest BCUT2D eigenvalue weighted by molar-refractivity contribution is -0.159. The fourth-order valence-electron chi connectivity index (χ4n) is 3.60. The van der Waals surface area contributed by atoms with Crippen LogP contribution >= 0.6 is 0 Å². The Morgan fingerprint density at radius 2 is 1.93 bits per heavy atom. The molecule has 2 N–H and O–H groups in total. The lowest BCUT2D eigenvalue weighted by Gasteiger charge is -2.38. The molecule has 1 unspecified atom stereocenters. The van der Waals surface area contributed by atoms with Crippen LogP contribution in [-0.4, -0.2) is 36.5 Å². The van der Waals surface area contributed by atoms with Crippen molar-refractivity contribution in [3.8, 4) is 0 Å². The first-order valence-electron chi connectivity index (χ1n) is 8.97. The highest BCUT2D eigenvalue weighted by molar-refractivity contribution is 7.93. The highest BCUT2D eigenvalue weighted by Crippen LogP contribution is 2.44. The van der Waals surface area contributed by atoms with Crippen LogP contribution in [0.3, 0.4) is 0 Å². The minimum atomic E-state index is -3.73. The third-order valence-corrected chi connectivity index (χ3v) is 8.59. The van der Waals surface area contributed by atoms with Crippen molar-refractivity contribution in [3.63, 3.8) is 0 Å². The molecule has 0 aromatic heterocycles. The largest absolute Gasteiger partial charge is 0.386 e. The van der Waals surface area contributed by atoms with E-state index in [4.69, 9.17) is 5.73 Å². The average molecular weight is 416 g/mol. The smallest absolute Gasteiger partial charge is 0.257 e. The number of nitrogens with zero attached hydrogens (tertiary/aromatic N) is 1. The summed E-state index contributed by atoms with van der Waals surface area (Å²) >= 11 is 0. The molecular weight excluding hydrogens is 393 g/mol. The molecule has 0 bridgehead atoms. The van der Waals surface area contributed by atoms with Crippen LogP contribution < -0.4 is 5.73 Å². The van der Waals surface area contributed by atoms with Gasteiger partial charge in [-0.05, 0) is 44.9 Å². The third kappa shape index (κ3) is 3.23. The van der Waals surface area contributed by atoms with E-state index in [9.17, 15) is 26.4 Å². The van der Waals surface area contributed by atoms with Gasteiger partial charge in [-0.2, -0.15) is 0 Å². The number of hydrogen-bond donors (Lipinski definition) is 1. The summed E-state index contributed by atoms with van der Waals surface area (Å²) in [6, 6.07) is 3.76. The molecule has 0 radical (unpaired) electrons. The molecule has 2 atom stereocenters. The number of Topliss-reactive ketones (excluding diaryl/α,β-unsaturated/α-hetero) is 1. The number of carbonyl (C=O) groups excluding carboxylic acids is 1. The molecule has 1 saturated carbocycles. The molecule has 5 nitrogen and oxygen atoms in total. The maximum absolute atomic E-state index is 14.6. The van der Waals surface area contributed by atoms with Gasteiger partial charge < -0.3 is 5.73 Å². The van der Waals surface area contributed by atoms with Crippen LogP contribution in [0.15, 0.2) is 23.2 Å². The Kier molecular flexibility index (Phi) is 4.69. The van der Waals surface area contributed by atoms with Crippen molar-refractivity contribution in [3.05, 3.63) is 35.1 Å². The molecular formula is C19H23F3N2O3S. The van der Waals surface area contributed by atoms with Crippen molar-refractivity contribution in [1.29, 1.82) is 0 Å². The number of aliphatic imine (C=N–C) groups is 1. The van der Waals surface area contributed by atoms with Crippen molar-refractivity contribution in [1.82, 2.24) is 0 Å². The maximum atomic E-state index is 14.6. The minimum Gasteiger partial charge on any atom is -0.386 e. The second-order valence-electron chi connectivity index (χ2n) is 8.35. The molecule has 1 aliphatic heterocycles. The summed E-state index contributed by atoms with van der Waals surface area (Å²) in [5.74, 6) is -6.20. The summed E-state index contributed by atoms with van der Waals surface area (Å²) in [6.07, 6.45) is -0.454. The molecule has 0 spiro atoms. The van der Waals surface area contributed by atoms with Crippen LogP contribution in [0.2, 0.25) is 0 Å². The van der Waals surface area contributed by atoms with Gasteiger partial charge in [0.1, 0.15) is 27.7 Å². The number of ketones is 1. The molecule has 3 rings (SSSR count). The van der Waals surface area contributed by atoms with Gasteiger partial charge in [-0.1, -0.05) is 6.07 Å². The molecule has 1 heterocycles. The van der Waals surface area contributed by atoms with Gasteiger partial charge in [0, 0.05) is 18.4 Å². The maximum Gasteiger partial charge on any atom is 0.257 e. The average Bonchev–Trinajstić information content (AvgIpc) is 2.53. The Morgan fingerprint density at radius 3 is 2.43 bits per heavy atom. The zero-order valence-electron chi connectivity index (χ0n) is 15.9. The van der Waals surface area contributed by atoms with E-state index in [1.54, 1.807) is 0 Å². The quantitative estimate of drug-likeness (QED) is 0.817. The summed E-state index contributed by atoms with van der Waals surface area (Å²) in [5, 5.41) is 0. The van der Waals surface area contributed by atoms with Crippen molar-refractivity contribution >= 4 is 21.5 Å². The Bertz CT molecular complexity index is 973. The predicted molar refractivity (Wildman–Crippen MR) is 99.6 cm³/mol. The molecule has 154 valence electrons. The molecule has 1 aromatic rings. The Hall–Kier alpha value is -1.90. The van der Waals surface area contributed by atoms with Gasteiger partial charge in [0.2, 0.25) is 0 Å². The Morgan fingerprint density at radius 1 is 1.29 bits per heavy atom. The van der Waals surface area contributed by atoms with Gasteiger partial charge in [-0.25, -0.2) is 21.6 Å². The first-order valence-corrected chi connectivity index (χ1v) is 10.6. The first kappa shape index (κ1) is 20.8. The Balaban J connectivity index is 1.96. The number of hydrogen-bond acceptors (Lipinski definition) is 5. The van der Waals surface area contributed by atoms with Crippen LogP contribution in [0.4, 0.5) is 13.2 Å². The van der Waals surface area contributed by atoms with Crippen molar-refractivity contribution in [2.75, 3.05) is 5.75 Å². The van der Waals surface area contributed by atoms with Gasteiger partial charge in [-0.3, -0.25) is 9.79 Å². The van der Waals surface area contributed by atoms with Crippen LogP contribution in [0.5, 0.6) is 0 Å². The van der Waals surface area contributed by atoms with E-state index >= 15 is 0 Å². The molecule has 1 aliphatic carbocycles. The Labute approximate surface area is 162 Å². The fraction of sp³-hybridized carbons (Fsp3) is 0.579. The van der Waals surface area contributed by atoms with Crippen LogP contribution in [0, 0.1) is 11.7 Å². The second kappa shape index (κ2) is 6.30. The number of rotatable bonds is 4. The van der Waals surface area contributed by atoms with E-state index in [1.807, 2.05) is 0 Å². The molecule has 9 heteroatoms. The lowest BCUT2D eigenvalue weighted by Crippen LogP contribution is -2.55. The predicted octanol–water partition coefficient (Wildman–Crippen LogP) is 2.76. The van der Waals surface area contributed by atoms with Crippen molar-refractivity contribution < 1.29 is 26.4 Å². The SMILES string of the molecule is CC1(C)C(N)=N[C@](C)(c2cc(CC(=O)C3CCC3(F)F)ccc2F)CS1(=O)=O. The summed E-state index contributed by atoms with van der Waals surface area (Å²) < 4.78 is 65.5. The van der Waals surface area contributed by atoms with Gasteiger partial charge in [0.25, 0.3) is 5.92 Å². The summed E-state index contributed by atoms with van der Waals surface area (Å²) in [5.41, 5.74) is 4.71. The number of sulfone groups is 1. The van der Waals surface area contributed by atoms with Gasteiger partial charge >= 0.3 is 0 Å². The number of halogens is 3. The number of amidine groups is 1. The summed E-state index contributed by atoms with van der Waals surface area (Å²) in [4.78, 5) is 16.5. The van der Waals surface area contributed by atoms with E-state index in [-0.39, 0.29) is 30.7 Å². The molecule has 0 amide bonds. The van der Waals surface area contributed by atoms with Gasteiger partial charge in [0.15, 0.2) is 9.84 Å². The molecule has 2 aliphatic rings. The van der Waals surface area contributed by atoms with E-state index < -0.39 is 49.3 Å². The van der Waals surface area contributed by atoms with Gasteiger partial charge in [0.05, 0.1) is 11.7 Å². The van der Waals surface area contributed by atoms with E-state index in [2.05, 4.69) is 4.99 Å². The number of benzene rings is 1. The summed E-state index contributed by atoms with van der Waals surface area (Å²) in [6.45, 7) is 4.33. The second-order valence-corrected chi connectivity index (χ2v) is 10.9. The lowest BCUT2D eigenvalue weighted by atomic mass is 9.76. The van der Waals surface area contributed by atoms with Gasteiger partial charge in [-0.15, -0.1) is 0 Å². The topological polar surface area (TPSA) is 89.6 Å². The fourth-order valence-corrected chi connectivity index (χ4v) is 5.29. The zero-order chi connectivity index (χ0) is 21.1. The van der Waals surface area contributed by atoms with Crippen LogP contribution in [0.1, 0.15) is 44.7 Å². The number of alkyl halides is 2. The number of nitrogens with two attached hydrogens (primary N) is 1.